The number of esters is 1. The summed E-state index contributed by atoms with van der Waals surface area (Å²) in [6, 6.07) is 10.2. The lowest BCUT2D eigenvalue weighted by Gasteiger charge is -2.14. The van der Waals surface area contributed by atoms with Crippen molar-refractivity contribution in [3.63, 3.8) is 0 Å². The molecule has 2 rings (SSSR count). The fourth-order valence-electron chi connectivity index (χ4n) is 2.06. The first kappa shape index (κ1) is 16.8. The first-order valence-electron chi connectivity index (χ1n) is 7.35. The molecule has 4 nitrogen and oxygen atoms in total. The van der Waals surface area contributed by atoms with E-state index in [1.165, 1.54) is 7.11 Å². The molecule has 0 aliphatic rings. The van der Waals surface area contributed by atoms with E-state index in [-0.39, 0.29) is 5.97 Å². The number of hydrogen-bond acceptors (Lipinski definition) is 5. The highest BCUT2D eigenvalue weighted by Crippen LogP contribution is 2.18. The molecule has 0 radical (unpaired) electrons. The van der Waals surface area contributed by atoms with Crippen molar-refractivity contribution in [2.24, 2.45) is 0 Å². The lowest BCUT2D eigenvalue weighted by Crippen LogP contribution is -2.28. The van der Waals surface area contributed by atoms with Gasteiger partial charge in [-0.2, -0.15) is 11.8 Å². The van der Waals surface area contributed by atoms with Gasteiger partial charge in [0.25, 0.3) is 0 Å². The quantitative estimate of drug-likeness (QED) is 0.698. The Hall–Kier alpha value is -1.59. The number of methoxy groups -OCH3 is 1. The lowest BCUT2D eigenvalue weighted by molar-refractivity contribution is -0.152. The van der Waals surface area contributed by atoms with Crippen LogP contribution in [-0.2, 0) is 20.0 Å². The highest BCUT2D eigenvalue weighted by atomic mass is 32.2. The van der Waals surface area contributed by atoms with E-state index in [1.54, 1.807) is 11.8 Å². The smallest absolute Gasteiger partial charge is 0.335 e. The maximum Gasteiger partial charge on any atom is 0.335 e. The van der Waals surface area contributed by atoms with Crippen molar-refractivity contribution in [1.29, 1.82) is 0 Å². The third-order valence-electron chi connectivity index (χ3n) is 3.17. The molecule has 0 amide bonds. The summed E-state index contributed by atoms with van der Waals surface area (Å²) in [5.74, 6) is 1.07. The third-order valence-corrected chi connectivity index (χ3v) is 4.25. The van der Waals surface area contributed by atoms with Crippen LogP contribution in [0, 0.1) is 0 Å². The van der Waals surface area contributed by atoms with E-state index < -0.39 is 6.10 Å². The minimum absolute atomic E-state index is 0.308. The Morgan fingerprint density at radius 2 is 2.18 bits per heavy atom. The molecule has 0 spiro atoms. The zero-order valence-electron chi connectivity index (χ0n) is 13.0. The van der Waals surface area contributed by atoms with Crippen LogP contribution in [-0.4, -0.2) is 36.5 Å². The number of aromatic nitrogens is 1. The van der Waals surface area contributed by atoms with Crippen molar-refractivity contribution < 1.29 is 14.3 Å². The van der Waals surface area contributed by atoms with Gasteiger partial charge in [0.05, 0.1) is 12.6 Å². The molecule has 22 heavy (non-hydrogen) atoms. The van der Waals surface area contributed by atoms with Crippen molar-refractivity contribution in [2.75, 3.05) is 19.5 Å². The van der Waals surface area contributed by atoms with Crippen LogP contribution in [0.25, 0.3) is 10.9 Å². The van der Waals surface area contributed by atoms with Crippen LogP contribution in [0.2, 0.25) is 0 Å². The zero-order chi connectivity index (χ0) is 15.8. The van der Waals surface area contributed by atoms with E-state index in [0.717, 1.165) is 28.6 Å². The summed E-state index contributed by atoms with van der Waals surface area (Å²) < 4.78 is 10.3. The minimum atomic E-state index is -0.497. The van der Waals surface area contributed by atoms with Gasteiger partial charge in [0, 0.05) is 29.7 Å². The van der Waals surface area contributed by atoms with Crippen LogP contribution in [0.1, 0.15) is 18.9 Å². The molecule has 0 aliphatic carbocycles. The first-order valence-corrected chi connectivity index (χ1v) is 8.51. The molecule has 0 fully saturated rings. The van der Waals surface area contributed by atoms with Crippen LogP contribution >= 0.6 is 11.8 Å². The zero-order valence-corrected chi connectivity index (χ0v) is 13.8. The summed E-state index contributed by atoms with van der Waals surface area (Å²) in [4.78, 5) is 16.1. The molecule has 1 atom stereocenters. The lowest BCUT2D eigenvalue weighted by atomic mass is 10.2. The number of benzene rings is 1. The molecule has 1 aromatic heterocycles. The summed E-state index contributed by atoms with van der Waals surface area (Å²) in [7, 11) is 1.39. The average molecular weight is 319 g/mol. The molecule has 0 bridgehead atoms. The van der Waals surface area contributed by atoms with Crippen molar-refractivity contribution in [3.8, 4) is 0 Å². The molecular weight excluding hydrogens is 298 g/mol. The van der Waals surface area contributed by atoms with Gasteiger partial charge in [-0.1, -0.05) is 25.1 Å². The minimum Gasteiger partial charge on any atom is -0.467 e. The standard InChI is InChI=1S/C17H21NO3S/c1-3-8-21-16(17(19)20-2)12-22-11-13-9-14-6-4-5-7-15(14)18-10-13/h4-7,9-10,16H,3,8,11-12H2,1-2H3. The molecule has 0 aliphatic heterocycles. The second-order valence-electron chi connectivity index (χ2n) is 4.93. The summed E-state index contributed by atoms with van der Waals surface area (Å²) >= 11 is 1.65. The van der Waals surface area contributed by atoms with Crippen LogP contribution in [0.3, 0.4) is 0 Å². The number of rotatable bonds is 8. The fraction of sp³-hybridized carbons (Fsp3) is 0.412. The molecule has 0 saturated carbocycles. The van der Waals surface area contributed by atoms with Gasteiger partial charge in [0.1, 0.15) is 0 Å². The van der Waals surface area contributed by atoms with Crippen LogP contribution in [0.15, 0.2) is 36.5 Å². The molecule has 1 unspecified atom stereocenters. The van der Waals surface area contributed by atoms with E-state index in [9.17, 15) is 4.79 Å². The van der Waals surface area contributed by atoms with Gasteiger partial charge < -0.3 is 9.47 Å². The van der Waals surface area contributed by atoms with E-state index in [1.807, 2.05) is 31.3 Å². The fourth-order valence-corrected chi connectivity index (χ4v) is 3.01. The second kappa shape index (κ2) is 8.76. The summed E-state index contributed by atoms with van der Waals surface area (Å²) in [5.41, 5.74) is 2.14. The SMILES string of the molecule is CCCOC(CSCc1cnc2ccccc2c1)C(=O)OC. The highest BCUT2D eigenvalue weighted by Gasteiger charge is 2.19. The van der Waals surface area contributed by atoms with Crippen molar-refractivity contribution in [2.45, 2.75) is 25.2 Å². The molecule has 0 N–H and O–H groups in total. The number of para-hydroxylation sites is 1. The monoisotopic (exact) mass is 319 g/mol. The molecule has 118 valence electrons. The Kier molecular flexibility index (Phi) is 6.68. The number of nitrogens with zero attached hydrogens (tertiary/aromatic N) is 1. The van der Waals surface area contributed by atoms with Gasteiger partial charge in [0.2, 0.25) is 0 Å². The number of carbonyl (C=O) groups excluding carboxylic acids is 1. The maximum absolute atomic E-state index is 11.7. The van der Waals surface area contributed by atoms with E-state index in [0.29, 0.717) is 12.4 Å². The summed E-state index contributed by atoms with van der Waals surface area (Å²) in [6.07, 6.45) is 2.27. The Bertz CT molecular complexity index is 618. The number of hydrogen-bond donors (Lipinski definition) is 0. The largest absolute Gasteiger partial charge is 0.467 e. The molecule has 2 aromatic rings. The van der Waals surface area contributed by atoms with Crippen molar-refractivity contribution in [3.05, 3.63) is 42.1 Å². The average Bonchev–Trinajstić information content (AvgIpc) is 2.57. The Labute approximate surface area is 135 Å². The topological polar surface area (TPSA) is 48.4 Å². The van der Waals surface area contributed by atoms with Gasteiger partial charge in [-0.3, -0.25) is 4.98 Å². The Morgan fingerprint density at radius 3 is 2.95 bits per heavy atom. The second-order valence-corrected chi connectivity index (χ2v) is 5.96. The van der Waals surface area contributed by atoms with Crippen LogP contribution < -0.4 is 0 Å². The van der Waals surface area contributed by atoms with Gasteiger partial charge in [-0.25, -0.2) is 4.79 Å². The van der Waals surface area contributed by atoms with Crippen molar-refractivity contribution >= 4 is 28.6 Å². The molecule has 0 saturated heterocycles. The number of ether oxygens (including phenoxy) is 2. The highest BCUT2D eigenvalue weighted by molar-refractivity contribution is 7.98. The third kappa shape index (κ3) is 4.71. The predicted molar refractivity (Wildman–Crippen MR) is 90.0 cm³/mol. The van der Waals surface area contributed by atoms with E-state index in [2.05, 4.69) is 17.1 Å². The van der Waals surface area contributed by atoms with Crippen LogP contribution in [0.4, 0.5) is 0 Å². The Balaban J connectivity index is 1.90. The number of fused-ring (bicyclic) bond motifs is 1. The normalized spacial score (nSPS) is 12.3. The van der Waals surface area contributed by atoms with E-state index >= 15 is 0 Å². The molecular formula is C17H21NO3S. The molecule has 5 heteroatoms. The van der Waals surface area contributed by atoms with Gasteiger partial charge in [-0.05, 0) is 24.1 Å². The van der Waals surface area contributed by atoms with Gasteiger partial charge >= 0.3 is 5.97 Å². The number of thioether (sulfide) groups is 1. The van der Waals surface area contributed by atoms with E-state index in [4.69, 9.17) is 9.47 Å². The van der Waals surface area contributed by atoms with Crippen LogP contribution in [0.5, 0.6) is 0 Å². The molecule has 1 heterocycles. The maximum atomic E-state index is 11.7. The number of carbonyl (C=O) groups is 1. The predicted octanol–water partition coefficient (Wildman–Crippen LogP) is 3.44. The van der Waals surface area contributed by atoms with Gasteiger partial charge in [0.15, 0.2) is 6.10 Å². The first-order chi connectivity index (χ1) is 10.7. The number of pyridine rings is 1. The van der Waals surface area contributed by atoms with Crippen molar-refractivity contribution in [1.82, 2.24) is 4.98 Å². The summed E-state index contributed by atoms with van der Waals surface area (Å²) in [5, 5.41) is 1.13. The summed E-state index contributed by atoms with van der Waals surface area (Å²) in [6.45, 7) is 2.58. The Morgan fingerprint density at radius 1 is 1.36 bits per heavy atom. The van der Waals surface area contributed by atoms with Gasteiger partial charge in [-0.15, -0.1) is 0 Å². The molecule has 1 aromatic carbocycles.